The molecule has 80 valence electrons. The van der Waals surface area contributed by atoms with Crippen LogP contribution in [0.25, 0.3) is 0 Å². The summed E-state index contributed by atoms with van der Waals surface area (Å²) in [5.74, 6) is 0. The van der Waals surface area contributed by atoms with E-state index in [9.17, 15) is 0 Å². The first kappa shape index (κ1) is 10.7. The van der Waals surface area contributed by atoms with Crippen molar-refractivity contribution in [2.45, 2.75) is 38.9 Å². The third-order valence-corrected chi connectivity index (χ3v) is 2.63. The van der Waals surface area contributed by atoms with E-state index in [4.69, 9.17) is 9.31 Å². The average molecular weight is 204 g/mol. The van der Waals surface area contributed by atoms with Crippen LogP contribution in [0.1, 0.15) is 27.2 Å². The monoisotopic (exact) mass is 204 g/mol. The van der Waals surface area contributed by atoms with Crippen LogP contribution in [0, 0.1) is 0 Å². The van der Waals surface area contributed by atoms with Crippen molar-refractivity contribution in [3.8, 4) is 0 Å². The van der Waals surface area contributed by atoms with E-state index in [1.807, 2.05) is 30.3 Å². The van der Waals surface area contributed by atoms with Gasteiger partial charge in [-0.15, -0.1) is 0 Å². The van der Waals surface area contributed by atoms with Gasteiger partial charge in [0.2, 0.25) is 0 Å². The molecule has 2 nitrogen and oxygen atoms in total. The molecule has 0 bridgehead atoms. The molecule has 1 aromatic carbocycles. The quantitative estimate of drug-likeness (QED) is 0.651. The first-order chi connectivity index (χ1) is 7.07. The van der Waals surface area contributed by atoms with Crippen molar-refractivity contribution >= 4 is 12.6 Å². The van der Waals surface area contributed by atoms with Gasteiger partial charge in [-0.2, -0.15) is 0 Å². The summed E-state index contributed by atoms with van der Waals surface area (Å²) in [6.45, 7) is 6.32. The van der Waals surface area contributed by atoms with Gasteiger partial charge in [0.25, 0.3) is 0 Å². The maximum Gasteiger partial charge on any atom is 0.494 e. The Bertz CT molecular complexity index is 324. The van der Waals surface area contributed by atoms with Crippen LogP contribution < -0.4 is 5.46 Å². The third-order valence-electron chi connectivity index (χ3n) is 2.63. The van der Waals surface area contributed by atoms with Gasteiger partial charge in [0.15, 0.2) is 0 Å². The van der Waals surface area contributed by atoms with Crippen molar-refractivity contribution < 1.29 is 9.31 Å². The van der Waals surface area contributed by atoms with Crippen molar-refractivity contribution in [1.29, 1.82) is 0 Å². The van der Waals surface area contributed by atoms with Crippen molar-refractivity contribution in [2.24, 2.45) is 0 Å². The Balaban J connectivity index is 2.17. The summed E-state index contributed by atoms with van der Waals surface area (Å²) in [6, 6.07) is 10.1. The second kappa shape index (κ2) is 3.99. The van der Waals surface area contributed by atoms with Gasteiger partial charge in [-0.05, 0) is 32.7 Å². The summed E-state index contributed by atoms with van der Waals surface area (Å²) in [5, 5.41) is 0. The van der Waals surface area contributed by atoms with Gasteiger partial charge in [-0.25, -0.2) is 0 Å². The van der Waals surface area contributed by atoms with E-state index in [0.717, 1.165) is 11.9 Å². The summed E-state index contributed by atoms with van der Waals surface area (Å²) in [4.78, 5) is 0. The normalized spacial score (nSPS) is 25.3. The van der Waals surface area contributed by atoms with E-state index in [1.54, 1.807) is 0 Å². The number of rotatable bonds is 1. The Morgan fingerprint density at radius 2 is 1.93 bits per heavy atom. The minimum Gasteiger partial charge on any atom is -0.405 e. The largest absolute Gasteiger partial charge is 0.494 e. The Morgan fingerprint density at radius 3 is 2.53 bits per heavy atom. The van der Waals surface area contributed by atoms with Gasteiger partial charge in [0.05, 0.1) is 5.60 Å². The lowest BCUT2D eigenvalue weighted by Gasteiger charge is -2.38. The lowest BCUT2D eigenvalue weighted by atomic mass is 9.75. The highest BCUT2D eigenvalue weighted by molar-refractivity contribution is 6.61. The molecule has 3 heteroatoms. The van der Waals surface area contributed by atoms with E-state index in [1.165, 1.54) is 0 Å². The molecule has 0 aliphatic carbocycles. The second-order valence-electron chi connectivity index (χ2n) is 4.77. The van der Waals surface area contributed by atoms with Crippen LogP contribution in [0.2, 0.25) is 0 Å². The summed E-state index contributed by atoms with van der Waals surface area (Å²) in [6.07, 6.45) is 1.19. The lowest BCUT2D eigenvalue weighted by molar-refractivity contribution is -0.0229. The molecule has 0 saturated carbocycles. The highest BCUT2D eigenvalue weighted by Crippen LogP contribution is 2.25. The van der Waals surface area contributed by atoms with Gasteiger partial charge in [-0.1, -0.05) is 30.3 Å². The maximum atomic E-state index is 5.91. The fourth-order valence-corrected chi connectivity index (χ4v) is 2.07. The average Bonchev–Trinajstić information content (AvgIpc) is 2.16. The molecule has 0 aromatic heterocycles. The molecule has 0 N–H and O–H groups in total. The third kappa shape index (κ3) is 2.61. The topological polar surface area (TPSA) is 18.5 Å². The second-order valence-corrected chi connectivity index (χ2v) is 4.77. The summed E-state index contributed by atoms with van der Waals surface area (Å²) in [7, 11) is -0.218. The molecule has 0 amide bonds. The molecular formula is C12H17BO2. The fourth-order valence-electron chi connectivity index (χ4n) is 2.07. The first-order valence-electron chi connectivity index (χ1n) is 5.45. The molecule has 1 heterocycles. The Kier molecular flexibility index (Phi) is 2.85. The van der Waals surface area contributed by atoms with Crippen molar-refractivity contribution in [3.63, 3.8) is 0 Å². The number of benzene rings is 1. The van der Waals surface area contributed by atoms with Gasteiger partial charge in [0.1, 0.15) is 0 Å². The van der Waals surface area contributed by atoms with E-state index in [0.29, 0.717) is 0 Å². The van der Waals surface area contributed by atoms with E-state index < -0.39 is 0 Å². The minimum atomic E-state index is -0.218. The van der Waals surface area contributed by atoms with Crippen LogP contribution in [-0.4, -0.2) is 18.8 Å². The smallest absolute Gasteiger partial charge is 0.405 e. The van der Waals surface area contributed by atoms with E-state index in [-0.39, 0.29) is 18.8 Å². The van der Waals surface area contributed by atoms with Gasteiger partial charge >= 0.3 is 7.12 Å². The molecule has 1 aliphatic heterocycles. The van der Waals surface area contributed by atoms with Crippen LogP contribution in [0.5, 0.6) is 0 Å². The number of hydrogen-bond donors (Lipinski definition) is 0. The molecule has 0 radical (unpaired) electrons. The van der Waals surface area contributed by atoms with Crippen LogP contribution in [0.15, 0.2) is 30.3 Å². The van der Waals surface area contributed by atoms with Gasteiger partial charge in [0, 0.05) is 6.10 Å². The molecule has 1 fully saturated rings. The number of hydrogen-bond acceptors (Lipinski definition) is 2. The highest BCUT2D eigenvalue weighted by Gasteiger charge is 2.37. The summed E-state index contributed by atoms with van der Waals surface area (Å²) < 4.78 is 11.7. The molecular weight excluding hydrogens is 187 g/mol. The molecule has 1 atom stereocenters. The van der Waals surface area contributed by atoms with Crippen molar-refractivity contribution in [3.05, 3.63) is 30.3 Å². The van der Waals surface area contributed by atoms with E-state index in [2.05, 4.69) is 20.8 Å². The van der Waals surface area contributed by atoms with E-state index >= 15 is 0 Å². The summed E-state index contributed by atoms with van der Waals surface area (Å²) in [5.41, 5.74) is 0.996. The minimum absolute atomic E-state index is 0.0990. The van der Waals surface area contributed by atoms with Crippen LogP contribution >= 0.6 is 0 Å². The van der Waals surface area contributed by atoms with Crippen LogP contribution in [0.3, 0.4) is 0 Å². The maximum absolute atomic E-state index is 5.91. The molecule has 15 heavy (non-hydrogen) atoms. The predicted molar refractivity (Wildman–Crippen MR) is 62.2 cm³/mol. The highest BCUT2D eigenvalue weighted by atomic mass is 16.6. The zero-order valence-corrected chi connectivity index (χ0v) is 9.57. The molecule has 0 spiro atoms. The molecule has 1 aliphatic rings. The SMILES string of the molecule is C[C@H]1CC(C)(C)OB(c2ccccc2)O1. The zero-order chi connectivity index (χ0) is 10.9. The molecule has 0 unspecified atom stereocenters. The molecule has 1 aromatic rings. The van der Waals surface area contributed by atoms with Gasteiger partial charge < -0.3 is 9.31 Å². The summed E-state index contributed by atoms with van der Waals surface area (Å²) >= 11 is 0. The predicted octanol–water partition coefficient (Wildman–Crippen LogP) is 1.99. The Morgan fingerprint density at radius 1 is 1.27 bits per heavy atom. The first-order valence-corrected chi connectivity index (χ1v) is 5.45. The standard InChI is InChI=1S/C12H17BO2/c1-10-9-12(2,3)15-13(14-10)11-7-5-4-6-8-11/h4-8,10H,9H2,1-3H3/t10-/m0/s1. The van der Waals surface area contributed by atoms with Crippen molar-refractivity contribution in [2.75, 3.05) is 0 Å². The molecule has 2 rings (SSSR count). The van der Waals surface area contributed by atoms with Gasteiger partial charge in [-0.3, -0.25) is 0 Å². The Labute approximate surface area is 91.7 Å². The van der Waals surface area contributed by atoms with Crippen LogP contribution in [-0.2, 0) is 9.31 Å². The molecule has 1 saturated heterocycles. The lowest BCUT2D eigenvalue weighted by Crippen LogP contribution is -2.51. The van der Waals surface area contributed by atoms with Crippen molar-refractivity contribution in [1.82, 2.24) is 0 Å². The fraction of sp³-hybridized carbons (Fsp3) is 0.500. The zero-order valence-electron chi connectivity index (χ0n) is 9.57. The van der Waals surface area contributed by atoms with Crippen LogP contribution in [0.4, 0.5) is 0 Å². The Hall–Kier alpha value is -0.795.